The average molecular weight is 171 g/mol. The number of rotatable bonds is 3. The highest BCUT2D eigenvalue weighted by atomic mass is 16.5. The predicted octanol–water partition coefficient (Wildman–Crippen LogP) is 1.08. The molecule has 68 valence electrons. The minimum atomic E-state index is -0.394. The van der Waals surface area contributed by atoms with Gasteiger partial charge in [0.1, 0.15) is 0 Å². The Bertz CT molecular complexity index is 171. The summed E-state index contributed by atoms with van der Waals surface area (Å²) in [4.78, 5) is 22.4. The minimum Gasteiger partial charge on any atom is -0.466 e. The van der Waals surface area contributed by atoms with Crippen LogP contribution in [0.5, 0.6) is 0 Å². The van der Waals surface area contributed by atoms with Crippen molar-refractivity contribution in [2.24, 2.45) is 4.99 Å². The molecule has 0 radical (unpaired) electrons. The summed E-state index contributed by atoms with van der Waals surface area (Å²) in [6, 6.07) is 0. The van der Waals surface area contributed by atoms with Crippen LogP contribution in [0.4, 0.5) is 0 Å². The van der Waals surface area contributed by atoms with Crippen molar-refractivity contribution in [2.45, 2.75) is 13.3 Å². The van der Waals surface area contributed by atoms with E-state index >= 15 is 0 Å². The summed E-state index contributed by atoms with van der Waals surface area (Å²) < 4.78 is 4.14. The molecule has 4 heteroatoms. The van der Waals surface area contributed by atoms with E-state index in [1.807, 2.05) is 6.92 Å². The van der Waals surface area contributed by atoms with Gasteiger partial charge in [-0.2, -0.15) is 0 Å². The number of carbonyl (C=O) groups is 1. The molecule has 0 aromatic carbocycles. The molecule has 0 aromatic rings. The van der Waals surface area contributed by atoms with Gasteiger partial charge in [0.25, 0.3) is 0 Å². The van der Waals surface area contributed by atoms with Gasteiger partial charge in [-0.3, -0.25) is 0 Å². The molecule has 0 aliphatic rings. The molecule has 0 heterocycles. The van der Waals surface area contributed by atoms with Crippen molar-refractivity contribution in [1.29, 1.82) is 0 Å². The summed E-state index contributed by atoms with van der Waals surface area (Å²) in [5.41, 5.74) is 0. The van der Waals surface area contributed by atoms with Gasteiger partial charge in [-0.15, -0.1) is 0 Å². The van der Waals surface area contributed by atoms with Crippen molar-refractivity contribution in [3.8, 4) is 0 Å². The molecule has 0 aliphatic carbocycles. The van der Waals surface area contributed by atoms with Gasteiger partial charge in [0.15, 0.2) is 0 Å². The number of nitrogens with zero attached hydrogens (tertiary/aromatic N) is 1. The van der Waals surface area contributed by atoms with E-state index in [1.54, 1.807) is 0 Å². The Hall–Kier alpha value is -1.41. The van der Waals surface area contributed by atoms with E-state index in [1.165, 1.54) is 13.2 Å². The number of ether oxygens (including phenoxy) is 1. The smallest absolute Gasteiger partial charge is 0.329 e. The minimum absolute atomic E-state index is 0.394. The first-order chi connectivity index (χ1) is 5.72. The number of hydrogen-bond donors (Lipinski definition) is 0. The van der Waals surface area contributed by atoms with Crippen LogP contribution >= 0.6 is 0 Å². The molecule has 0 fully saturated rings. The normalized spacial score (nSPS) is 6.83. The molecule has 0 bridgehead atoms. The SMILES string of the molecule is C=CC(=O)OC.CCCN=C=O. The molecule has 0 unspecified atom stereocenters. The molecule has 12 heavy (non-hydrogen) atoms. The van der Waals surface area contributed by atoms with Crippen molar-refractivity contribution >= 4 is 12.0 Å². The topological polar surface area (TPSA) is 55.7 Å². The van der Waals surface area contributed by atoms with E-state index in [-0.39, 0.29) is 0 Å². The number of esters is 1. The maximum absolute atomic E-state index is 9.84. The van der Waals surface area contributed by atoms with Crippen molar-refractivity contribution in [2.75, 3.05) is 13.7 Å². The first-order valence-electron chi connectivity index (χ1n) is 3.46. The van der Waals surface area contributed by atoms with E-state index < -0.39 is 5.97 Å². The second kappa shape index (κ2) is 12.3. The molecular formula is C8H13NO3. The van der Waals surface area contributed by atoms with Gasteiger partial charge < -0.3 is 4.74 Å². The van der Waals surface area contributed by atoms with E-state index in [4.69, 9.17) is 0 Å². The number of hydrogen-bond acceptors (Lipinski definition) is 4. The van der Waals surface area contributed by atoms with Crippen LogP contribution in [0.1, 0.15) is 13.3 Å². The van der Waals surface area contributed by atoms with E-state index in [2.05, 4.69) is 16.3 Å². The van der Waals surface area contributed by atoms with Gasteiger partial charge in [0, 0.05) is 6.08 Å². The summed E-state index contributed by atoms with van der Waals surface area (Å²) in [7, 11) is 1.31. The molecule has 0 amide bonds. The second-order valence-corrected chi connectivity index (χ2v) is 1.70. The average Bonchev–Trinajstić information content (AvgIpc) is 2.14. The Balaban J connectivity index is 0. The number of aliphatic imine (C=N–C) groups is 1. The summed E-state index contributed by atoms with van der Waals surface area (Å²) in [5.74, 6) is -0.394. The molecule has 0 aromatic heterocycles. The second-order valence-electron chi connectivity index (χ2n) is 1.70. The standard InChI is InChI=1S/C4H7NO.C4H6O2/c1-2-3-5-4-6;1-3-4(5)6-2/h2-3H2,1H3;3H,1H2,2H3. The number of isocyanates is 1. The van der Waals surface area contributed by atoms with Crippen molar-refractivity contribution in [1.82, 2.24) is 0 Å². The Morgan fingerprint density at radius 3 is 2.42 bits per heavy atom. The zero-order chi connectivity index (χ0) is 9.82. The fourth-order valence-electron chi connectivity index (χ4n) is 0.241. The van der Waals surface area contributed by atoms with Crippen LogP contribution in [0.2, 0.25) is 0 Å². The summed E-state index contributed by atoms with van der Waals surface area (Å²) in [6.07, 6.45) is 3.48. The first-order valence-corrected chi connectivity index (χ1v) is 3.46. The molecule has 0 atom stereocenters. The maximum Gasteiger partial charge on any atom is 0.329 e. The van der Waals surface area contributed by atoms with Crippen LogP contribution < -0.4 is 0 Å². The van der Waals surface area contributed by atoms with Crippen molar-refractivity contribution in [3.05, 3.63) is 12.7 Å². The monoisotopic (exact) mass is 171 g/mol. The van der Waals surface area contributed by atoms with Gasteiger partial charge in [-0.05, 0) is 6.42 Å². The van der Waals surface area contributed by atoms with Gasteiger partial charge in [-0.1, -0.05) is 13.5 Å². The van der Waals surface area contributed by atoms with E-state index in [0.29, 0.717) is 6.54 Å². The molecular weight excluding hydrogens is 158 g/mol. The highest BCUT2D eigenvalue weighted by molar-refractivity contribution is 5.80. The third kappa shape index (κ3) is 15.8. The Morgan fingerprint density at radius 1 is 1.75 bits per heavy atom. The van der Waals surface area contributed by atoms with Crippen molar-refractivity contribution < 1.29 is 14.3 Å². The predicted molar refractivity (Wildman–Crippen MR) is 45.5 cm³/mol. The van der Waals surface area contributed by atoms with Gasteiger partial charge in [0.2, 0.25) is 6.08 Å². The summed E-state index contributed by atoms with van der Waals surface area (Å²) >= 11 is 0. The van der Waals surface area contributed by atoms with E-state index in [9.17, 15) is 9.59 Å². The zero-order valence-electron chi connectivity index (χ0n) is 7.37. The Labute approximate surface area is 71.9 Å². The molecule has 0 rings (SSSR count). The maximum atomic E-state index is 9.84. The largest absolute Gasteiger partial charge is 0.466 e. The van der Waals surface area contributed by atoms with Crippen LogP contribution in [0, 0.1) is 0 Å². The lowest BCUT2D eigenvalue weighted by molar-refractivity contribution is -0.134. The van der Waals surface area contributed by atoms with Crippen LogP contribution in [0.3, 0.4) is 0 Å². The van der Waals surface area contributed by atoms with Crippen LogP contribution in [0.15, 0.2) is 17.6 Å². The third-order valence-corrected chi connectivity index (χ3v) is 0.768. The lowest BCUT2D eigenvalue weighted by Gasteiger charge is -1.83. The molecule has 0 saturated carbocycles. The van der Waals surface area contributed by atoms with E-state index in [0.717, 1.165) is 12.5 Å². The molecule has 0 saturated heterocycles. The van der Waals surface area contributed by atoms with Crippen LogP contribution in [-0.2, 0) is 14.3 Å². The lowest BCUT2D eigenvalue weighted by atomic mass is 10.5. The fourth-order valence-corrected chi connectivity index (χ4v) is 0.241. The van der Waals surface area contributed by atoms with Gasteiger partial charge in [0.05, 0.1) is 13.7 Å². The molecule has 0 aliphatic heterocycles. The third-order valence-electron chi connectivity index (χ3n) is 0.768. The van der Waals surface area contributed by atoms with Crippen LogP contribution in [-0.4, -0.2) is 25.7 Å². The summed E-state index contributed by atoms with van der Waals surface area (Å²) in [5, 5.41) is 0. The van der Waals surface area contributed by atoms with Gasteiger partial charge >= 0.3 is 5.97 Å². The first kappa shape index (κ1) is 13.2. The highest BCUT2D eigenvalue weighted by Crippen LogP contribution is 1.71. The lowest BCUT2D eigenvalue weighted by Crippen LogP contribution is -1.91. The van der Waals surface area contributed by atoms with Gasteiger partial charge in [-0.25, -0.2) is 14.6 Å². The highest BCUT2D eigenvalue weighted by Gasteiger charge is 1.81. The zero-order valence-corrected chi connectivity index (χ0v) is 7.37. The Kier molecular flexibility index (Phi) is 13.5. The fraction of sp³-hybridized carbons (Fsp3) is 0.500. The number of carbonyl (C=O) groups excluding carboxylic acids is 2. The molecule has 4 nitrogen and oxygen atoms in total. The number of methoxy groups -OCH3 is 1. The quantitative estimate of drug-likeness (QED) is 0.276. The molecule has 0 N–H and O–H groups in total. The Morgan fingerprint density at radius 2 is 2.33 bits per heavy atom. The molecule has 0 spiro atoms. The van der Waals surface area contributed by atoms with Crippen LogP contribution in [0.25, 0.3) is 0 Å². The summed E-state index contributed by atoms with van der Waals surface area (Å²) in [6.45, 7) is 5.73. The van der Waals surface area contributed by atoms with Crippen molar-refractivity contribution in [3.63, 3.8) is 0 Å².